The van der Waals surface area contributed by atoms with Gasteiger partial charge < -0.3 is 10.6 Å². The fourth-order valence-electron chi connectivity index (χ4n) is 2.01. The Morgan fingerprint density at radius 1 is 1.37 bits per heavy atom. The molecule has 1 heterocycles. The predicted molar refractivity (Wildman–Crippen MR) is 79.6 cm³/mol. The van der Waals surface area contributed by atoms with E-state index in [1.165, 1.54) is 12.8 Å². The zero-order valence-electron chi connectivity index (χ0n) is 12.4. The third-order valence-corrected chi connectivity index (χ3v) is 3.09. The molecule has 1 atom stereocenters. The first kappa shape index (κ1) is 15.5. The summed E-state index contributed by atoms with van der Waals surface area (Å²) in [6.07, 6.45) is 4.62. The summed E-state index contributed by atoms with van der Waals surface area (Å²) in [5, 5.41) is 6.01. The van der Waals surface area contributed by atoms with Gasteiger partial charge in [0, 0.05) is 24.3 Å². The second kappa shape index (κ2) is 7.77. The standard InChI is InChI=1S/C15H25N3O/c1-5-6-7-8-11(2)18-15(19)13-9-12(3)17-14(10-13)16-4/h9-11H,5-8H2,1-4H3,(H,16,17)(H,18,19). The van der Waals surface area contributed by atoms with Crippen LogP contribution in [0, 0.1) is 6.92 Å². The molecule has 0 saturated heterocycles. The minimum atomic E-state index is -0.0222. The lowest BCUT2D eigenvalue weighted by Gasteiger charge is -2.14. The maximum Gasteiger partial charge on any atom is 0.251 e. The molecule has 0 aliphatic heterocycles. The van der Waals surface area contributed by atoms with E-state index < -0.39 is 0 Å². The molecule has 1 amide bonds. The predicted octanol–water partition coefficient (Wildman–Crippen LogP) is 3.13. The lowest BCUT2D eigenvalue weighted by molar-refractivity contribution is 0.0937. The number of anilines is 1. The van der Waals surface area contributed by atoms with Gasteiger partial charge in [0.25, 0.3) is 5.91 Å². The maximum absolute atomic E-state index is 12.1. The van der Waals surface area contributed by atoms with E-state index in [2.05, 4.69) is 29.5 Å². The summed E-state index contributed by atoms with van der Waals surface area (Å²) < 4.78 is 0. The zero-order chi connectivity index (χ0) is 14.3. The van der Waals surface area contributed by atoms with Crippen molar-refractivity contribution in [2.24, 2.45) is 0 Å². The Hall–Kier alpha value is -1.58. The Morgan fingerprint density at radius 2 is 2.11 bits per heavy atom. The minimum absolute atomic E-state index is 0.0222. The highest BCUT2D eigenvalue weighted by molar-refractivity contribution is 5.95. The molecule has 0 bridgehead atoms. The van der Waals surface area contributed by atoms with E-state index in [1.54, 1.807) is 13.1 Å². The summed E-state index contributed by atoms with van der Waals surface area (Å²) in [5.41, 5.74) is 1.51. The first-order valence-electron chi connectivity index (χ1n) is 7.04. The minimum Gasteiger partial charge on any atom is -0.373 e. The van der Waals surface area contributed by atoms with Crippen LogP contribution in [0.4, 0.5) is 5.82 Å². The van der Waals surface area contributed by atoms with Crippen LogP contribution in [0.1, 0.15) is 55.6 Å². The average molecular weight is 263 g/mol. The summed E-state index contributed by atoms with van der Waals surface area (Å²) in [6, 6.07) is 3.81. The highest BCUT2D eigenvalue weighted by atomic mass is 16.1. The monoisotopic (exact) mass is 263 g/mol. The van der Waals surface area contributed by atoms with Crippen LogP contribution in [0.3, 0.4) is 0 Å². The molecule has 0 aliphatic rings. The van der Waals surface area contributed by atoms with E-state index in [0.717, 1.165) is 24.4 Å². The van der Waals surface area contributed by atoms with E-state index in [4.69, 9.17) is 0 Å². The van der Waals surface area contributed by atoms with E-state index in [0.29, 0.717) is 5.56 Å². The molecule has 2 N–H and O–H groups in total. The van der Waals surface area contributed by atoms with Crippen molar-refractivity contribution in [3.63, 3.8) is 0 Å². The molecule has 0 spiro atoms. The van der Waals surface area contributed by atoms with Gasteiger partial charge in [-0.15, -0.1) is 0 Å². The summed E-state index contributed by atoms with van der Waals surface area (Å²) in [6.45, 7) is 6.13. The van der Waals surface area contributed by atoms with Crippen LogP contribution in [0.15, 0.2) is 12.1 Å². The van der Waals surface area contributed by atoms with Gasteiger partial charge in [0.1, 0.15) is 5.82 Å². The van der Waals surface area contributed by atoms with Crippen LogP contribution >= 0.6 is 0 Å². The van der Waals surface area contributed by atoms with Crippen LogP contribution in [0.25, 0.3) is 0 Å². The summed E-state index contributed by atoms with van der Waals surface area (Å²) in [5.74, 6) is 0.704. The average Bonchev–Trinajstić information content (AvgIpc) is 2.38. The number of hydrogen-bond acceptors (Lipinski definition) is 3. The summed E-state index contributed by atoms with van der Waals surface area (Å²) >= 11 is 0. The van der Waals surface area contributed by atoms with Gasteiger partial charge in [-0.1, -0.05) is 26.2 Å². The largest absolute Gasteiger partial charge is 0.373 e. The van der Waals surface area contributed by atoms with E-state index >= 15 is 0 Å². The van der Waals surface area contributed by atoms with Gasteiger partial charge in [0.2, 0.25) is 0 Å². The number of pyridine rings is 1. The van der Waals surface area contributed by atoms with Gasteiger partial charge in [-0.25, -0.2) is 4.98 Å². The molecule has 0 aliphatic carbocycles. The third-order valence-electron chi connectivity index (χ3n) is 3.09. The van der Waals surface area contributed by atoms with Crippen molar-refractivity contribution in [2.45, 2.75) is 52.5 Å². The van der Waals surface area contributed by atoms with Crippen molar-refractivity contribution in [1.82, 2.24) is 10.3 Å². The fraction of sp³-hybridized carbons (Fsp3) is 0.600. The summed E-state index contributed by atoms with van der Waals surface area (Å²) in [7, 11) is 1.80. The highest BCUT2D eigenvalue weighted by Crippen LogP contribution is 2.10. The molecule has 0 fully saturated rings. The Kier molecular flexibility index (Phi) is 6.33. The van der Waals surface area contributed by atoms with Crippen LogP contribution in [-0.2, 0) is 0 Å². The van der Waals surface area contributed by atoms with E-state index in [-0.39, 0.29) is 11.9 Å². The molecular weight excluding hydrogens is 238 g/mol. The fourth-order valence-corrected chi connectivity index (χ4v) is 2.01. The maximum atomic E-state index is 12.1. The van der Waals surface area contributed by atoms with Crippen LogP contribution in [0.5, 0.6) is 0 Å². The van der Waals surface area contributed by atoms with E-state index in [9.17, 15) is 4.79 Å². The second-order valence-electron chi connectivity index (χ2n) is 5.00. The number of unbranched alkanes of at least 4 members (excludes halogenated alkanes) is 2. The van der Waals surface area contributed by atoms with Crippen molar-refractivity contribution >= 4 is 11.7 Å². The quantitative estimate of drug-likeness (QED) is 0.743. The Bertz CT molecular complexity index is 418. The van der Waals surface area contributed by atoms with Crippen molar-refractivity contribution in [3.05, 3.63) is 23.4 Å². The molecule has 1 aromatic rings. The highest BCUT2D eigenvalue weighted by Gasteiger charge is 2.11. The molecule has 4 nitrogen and oxygen atoms in total. The lowest BCUT2D eigenvalue weighted by Crippen LogP contribution is -2.32. The molecule has 0 aromatic carbocycles. The number of aromatic nitrogens is 1. The number of carbonyl (C=O) groups excluding carboxylic acids is 1. The number of aryl methyl sites for hydroxylation is 1. The topological polar surface area (TPSA) is 54.0 Å². The van der Waals surface area contributed by atoms with Crippen molar-refractivity contribution in [2.75, 3.05) is 12.4 Å². The lowest BCUT2D eigenvalue weighted by atomic mass is 10.1. The zero-order valence-corrected chi connectivity index (χ0v) is 12.4. The normalized spacial score (nSPS) is 12.0. The van der Waals surface area contributed by atoms with E-state index in [1.807, 2.05) is 13.0 Å². The first-order chi connectivity index (χ1) is 9.06. The second-order valence-corrected chi connectivity index (χ2v) is 5.00. The number of carbonyl (C=O) groups is 1. The molecule has 1 aromatic heterocycles. The molecule has 19 heavy (non-hydrogen) atoms. The number of nitrogens with one attached hydrogen (secondary N) is 2. The Morgan fingerprint density at radius 3 is 2.74 bits per heavy atom. The van der Waals surface area contributed by atoms with Crippen LogP contribution in [0.2, 0.25) is 0 Å². The van der Waals surface area contributed by atoms with Gasteiger partial charge in [-0.2, -0.15) is 0 Å². The SMILES string of the molecule is CCCCCC(C)NC(=O)c1cc(C)nc(NC)c1. The van der Waals surface area contributed by atoms with Gasteiger partial charge in [-0.3, -0.25) is 4.79 Å². The summed E-state index contributed by atoms with van der Waals surface area (Å²) in [4.78, 5) is 16.4. The van der Waals surface area contributed by atoms with Gasteiger partial charge in [0.05, 0.1) is 0 Å². The van der Waals surface area contributed by atoms with Crippen LogP contribution in [-0.4, -0.2) is 24.0 Å². The van der Waals surface area contributed by atoms with Gasteiger partial charge in [-0.05, 0) is 32.4 Å². The molecule has 0 saturated carbocycles. The number of amides is 1. The van der Waals surface area contributed by atoms with Crippen molar-refractivity contribution in [1.29, 1.82) is 0 Å². The molecular formula is C15H25N3O. The Labute approximate surface area is 116 Å². The van der Waals surface area contributed by atoms with Gasteiger partial charge in [0.15, 0.2) is 0 Å². The molecule has 0 radical (unpaired) electrons. The van der Waals surface area contributed by atoms with Crippen molar-refractivity contribution in [3.8, 4) is 0 Å². The number of nitrogens with zero attached hydrogens (tertiary/aromatic N) is 1. The Balaban J connectivity index is 2.59. The first-order valence-corrected chi connectivity index (χ1v) is 7.04. The number of rotatable bonds is 7. The van der Waals surface area contributed by atoms with Crippen molar-refractivity contribution < 1.29 is 4.79 Å². The number of hydrogen-bond donors (Lipinski definition) is 2. The third kappa shape index (κ3) is 5.28. The molecule has 106 valence electrons. The van der Waals surface area contributed by atoms with Gasteiger partial charge >= 0.3 is 0 Å². The molecule has 1 rings (SSSR count). The molecule has 4 heteroatoms. The molecule has 1 unspecified atom stereocenters. The van der Waals surface area contributed by atoms with Crippen LogP contribution < -0.4 is 10.6 Å². The smallest absolute Gasteiger partial charge is 0.251 e.